The highest BCUT2D eigenvalue weighted by atomic mass is 31.0. The molecule has 0 saturated carbocycles. The molecule has 0 aromatic heterocycles. The van der Waals surface area contributed by atoms with Gasteiger partial charge in [-0.2, -0.15) is 0 Å². The van der Waals surface area contributed by atoms with E-state index in [1.54, 1.807) is 0 Å². The summed E-state index contributed by atoms with van der Waals surface area (Å²) in [4.78, 5) is 0. The van der Waals surface area contributed by atoms with Crippen LogP contribution in [0.5, 0.6) is 0 Å². The predicted octanol–water partition coefficient (Wildman–Crippen LogP) is 6.19. The molecule has 0 heterocycles. The summed E-state index contributed by atoms with van der Waals surface area (Å²) in [5.74, 6) is 1.38. The van der Waals surface area contributed by atoms with E-state index in [1.165, 1.54) is 24.0 Å². The van der Waals surface area contributed by atoms with Crippen molar-refractivity contribution in [3.05, 3.63) is 35.4 Å². The Balaban J connectivity index is 0.00000137. The fourth-order valence-corrected chi connectivity index (χ4v) is 2.25. The van der Waals surface area contributed by atoms with Gasteiger partial charge in [0.1, 0.15) is 0 Å². The van der Waals surface area contributed by atoms with Crippen molar-refractivity contribution in [2.24, 2.45) is 5.92 Å². The molecule has 0 spiro atoms. The Labute approximate surface area is 117 Å². The molecule has 0 bridgehead atoms. The first-order valence-electron chi connectivity index (χ1n) is 7.41. The Morgan fingerprint density at radius 3 is 1.78 bits per heavy atom. The summed E-state index contributed by atoms with van der Waals surface area (Å²) in [5, 5.41) is 0. The van der Waals surface area contributed by atoms with Crippen molar-refractivity contribution in [2.45, 2.75) is 66.0 Å². The van der Waals surface area contributed by atoms with E-state index in [9.17, 15) is 0 Å². The summed E-state index contributed by atoms with van der Waals surface area (Å²) in [6, 6.07) is 9.18. The minimum atomic E-state index is 0.579. The molecule has 0 amide bonds. The van der Waals surface area contributed by atoms with Gasteiger partial charge in [0, 0.05) is 5.66 Å². The molecule has 0 aliphatic heterocycles. The monoisotopic (exact) mass is 266 g/mol. The predicted molar refractivity (Wildman–Crippen MR) is 88.4 cm³/mol. The van der Waals surface area contributed by atoms with E-state index >= 15 is 0 Å². The van der Waals surface area contributed by atoms with Gasteiger partial charge >= 0.3 is 0 Å². The lowest BCUT2D eigenvalue weighted by Gasteiger charge is -2.17. The Morgan fingerprint density at radius 1 is 0.944 bits per heavy atom. The van der Waals surface area contributed by atoms with Crippen molar-refractivity contribution in [1.82, 2.24) is 0 Å². The zero-order valence-corrected chi connectivity index (χ0v) is 14.2. The molecule has 0 nitrogen and oxygen atoms in total. The van der Waals surface area contributed by atoms with Gasteiger partial charge in [-0.05, 0) is 29.4 Å². The van der Waals surface area contributed by atoms with Crippen molar-refractivity contribution in [3.63, 3.8) is 0 Å². The van der Waals surface area contributed by atoms with Crippen LogP contribution in [0.1, 0.15) is 77.1 Å². The lowest BCUT2D eigenvalue weighted by Crippen LogP contribution is -1.99. The quantitative estimate of drug-likeness (QED) is 0.557. The fraction of sp³-hybridized carbons (Fsp3) is 0.647. The standard InChI is InChI=1S/C15H25P.C2H6/c1-5-6-12(4)13-7-9-14(10-8-13)15(16)11(2)3;1-2/h7-12,15H,5-6,16H2,1-4H3;1-2H3. The summed E-state index contributed by atoms with van der Waals surface area (Å²) in [5.41, 5.74) is 3.49. The second-order valence-electron chi connectivity index (χ2n) is 5.13. The van der Waals surface area contributed by atoms with Crippen LogP contribution in [0.25, 0.3) is 0 Å². The van der Waals surface area contributed by atoms with E-state index in [0.29, 0.717) is 17.5 Å². The number of hydrogen-bond acceptors (Lipinski definition) is 0. The van der Waals surface area contributed by atoms with Gasteiger partial charge in [0.15, 0.2) is 0 Å². The Bertz CT molecular complexity index is 300. The maximum atomic E-state index is 2.95. The smallest absolute Gasteiger partial charge is 0.000834 e. The van der Waals surface area contributed by atoms with E-state index < -0.39 is 0 Å². The molecule has 104 valence electrons. The van der Waals surface area contributed by atoms with Gasteiger partial charge < -0.3 is 0 Å². The van der Waals surface area contributed by atoms with E-state index in [0.717, 1.165) is 0 Å². The second kappa shape index (κ2) is 9.56. The molecular weight excluding hydrogens is 235 g/mol. The van der Waals surface area contributed by atoms with Crippen LogP contribution in [-0.2, 0) is 0 Å². The van der Waals surface area contributed by atoms with Gasteiger partial charge in [-0.15, -0.1) is 9.24 Å². The molecule has 0 aliphatic rings. The molecule has 18 heavy (non-hydrogen) atoms. The first kappa shape index (κ1) is 17.6. The molecule has 1 heteroatoms. The van der Waals surface area contributed by atoms with Crippen LogP contribution in [0.3, 0.4) is 0 Å². The minimum Gasteiger partial charge on any atom is -0.129 e. The molecule has 1 aromatic rings. The molecule has 0 fully saturated rings. The largest absolute Gasteiger partial charge is 0.129 e. The summed E-state index contributed by atoms with van der Waals surface area (Å²) < 4.78 is 0. The van der Waals surface area contributed by atoms with Gasteiger partial charge in [-0.25, -0.2) is 0 Å². The number of hydrogen-bond donors (Lipinski definition) is 0. The van der Waals surface area contributed by atoms with Gasteiger partial charge in [0.25, 0.3) is 0 Å². The van der Waals surface area contributed by atoms with Gasteiger partial charge in [-0.1, -0.05) is 72.2 Å². The molecule has 1 rings (SSSR count). The van der Waals surface area contributed by atoms with Crippen molar-refractivity contribution >= 4 is 9.24 Å². The van der Waals surface area contributed by atoms with Crippen LogP contribution in [0, 0.1) is 5.92 Å². The van der Waals surface area contributed by atoms with Crippen LogP contribution in [0.4, 0.5) is 0 Å². The van der Waals surface area contributed by atoms with Crippen molar-refractivity contribution < 1.29 is 0 Å². The number of rotatable bonds is 5. The molecule has 3 unspecified atom stereocenters. The van der Waals surface area contributed by atoms with E-state index in [2.05, 4.69) is 61.2 Å². The third-order valence-corrected chi connectivity index (χ3v) is 4.49. The van der Waals surface area contributed by atoms with Crippen LogP contribution < -0.4 is 0 Å². The maximum Gasteiger partial charge on any atom is 0.000834 e. The van der Waals surface area contributed by atoms with Gasteiger partial charge in [-0.3, -0.25) is 0 Å². The Kier molecular flexibility index (Phi) is 9.38. The van der Waals surface area contributed by atoms with Crippen LogP contribution >= 0.6 is 9.24 Å². The van der Waals surface area contributed by atoms with Crippen molar-refractivity contribution in [1.29, 1.82) is 0 Å². The summed E-state index contributed by atoms with van der Waals surface area (Å²) >= 11 is 0. The SMILES string of the molecule is CC.CCCC(C)c1ccc(C(P)C(C)C)cc1. The third kappa shape index (κ3) is 5.53. The average Bonchev–Trinajstić information content (AvgIpc) is 2.40. The van der Waals surface area contributed by atoms with Gasteiger partial charge in [0.05, 0.1) is 0 Å². The summed E-state index contributed by atoms with van der Waals surface area (Å²) in [6.07, 6.45) is 2.55. The molecule has 3 atom stereocenters. The third-order valence-electron chi connectivity index (χ3n) is 3.33. The van der Waals surface area contributed by atoms with Crippen LogP contribution in [0.15, 0.2) is 24.3 Å². The van der Waals surface area contributed by atoms with Crippen molar-refractivity contribution in [3.8, 4) is 0 Å². The average molecular weight is 266 g/mol. The second-order valence-corrected chi connectivity index (χ2v) is 5.84. The molecule has 0 radical (unpaired) electrons. The highest BCUT2D eigenvalue weighted by Gasteiger charge is 2.10. The van der Waals surface area contributed by atoms with E-state index in [4.69, 9.17) is 0 Å². The zero-order valence-electron chi connectivity index (χ0n) is 13.0. The fourth-order valence-electron chi connectivity index (χ4n) is 2.03. The zero-order chi connectivity index (χ0) is 14.1. The first-order valence-corrected chi connectivity index (χ1v) is 8.08. The molecule has 1 aromatic carbocycles. The molecule has 0 aliphatic carbocycles. The summed E-state index contributed by atoms with van der Waals surface area (Å²) in [7, 11) is 2.95. The van der Waals surface area contributed by atoms with Gasteiger partial charge in [0.2, 0.25) is 0 Å². The summed E-state index contributed by atoms with van der Waals surface area (Å²) in [6.45, 7) is 13.1. The maximum absolute atomic E-state index is 2.95. The highest BCUT2D eigenvalue weighted by molar-refractivity contribution is 7.17. The topological polar surface area (TPSA) is 0 Å². The molecule has 0 saturated heterocycles. The van der Waals surface area contributed by atoms with Crippen molar-refractivity contribution in [2.75, 3.05) is 0 Å². The Morgan fingerprint density at radius 2 is 1.39 bits per heavy atom. The molecular formula is C17H31P. The van der Waals surface area contributed by atoms with E-state index in [1.807, 2.05) is 13.8 Å². The van der Waals surface area contributed by atoms with Crippen LogP contribution in [-0.4, -0.2) is 0 Å². The lowest BCUT2D eigenvalue weighted by molar-refractivity contribution is 0.630. The Hall–Kier alpha value is -0.350. The molecule has 0 N–H and O–H groups in total. The highest BCUT2D eigenvalue weighted by Crippen LogP contribution is 2.31. The van der Waals surface area contributed by atoms with E-state index in [-0.39, 0.29) is 0 Å². The normalized spacial score (nSPS) is 13.8. The number of benzene rings is 1. The first-order chi connectivity index (χ1) is 8.56. The minimum absolute atomic E-state index is 0.579. The lowest BCUT2D eigenvalue weighted by atomic mass is 9.94. The van der Waals surface area contributed by atoms with Crippen LogP contribution in [0.2, 0.25) is 0 Å².